The van der Waals surface area contributed by atoms with E-state index in [0.29, 0.717) is 18.3 Å². The lowest BCUT2D eigenvalue weighted by Gasteiger charge is -2.35. The van der Waals surface area contributed by atoms with E-state index in [4.69, 9.17) is 11.5 Å². The van der Waals surface area contributed by atoms with Crippen molar-refractivity contribution in [1.82, 2.24) is 4.98 Å². The third-order valence-corrected chi connectivity index (χ3v) is 3.83. The molecule has 8 nitrogen and oxygen atoms in total. The Morgan fingerprint density at radius 2 is 2.33 bits per heavy atom. The summed E-state index contributed by atoms with van der Waals surface area (Å²) in [6.07, 6.45) is 3.10. The van der Waals surface area contributed by atoms with Crippen LogP contribution in [0.2, 0.25) is 0 Å². The highest BCUT2D eigenvalue weighted by Crippen LogP contribution is 2.27. The zero-order valence-electron chi connectivity index (χ0n) is 11.9. The first-order chi connectivity index (χ1) is 9.90. The van der Waals surface area contributed by atoms with Crippen LogP contribution in [0.25, 0.3) is 0 Å². The predicted molar refractivity (Wildman–Crippen MR) is 78.0 cm³/mol. The first-order valence-corrected chi connectivity index (χ1v) is 6.85. The first-order valence-electron chi connectivity index (χ1n) is 6.85. The Morgan fingerprint density at radius 1 is 1.62 bits per heavy atom. The molecule has 0 spiro atoms. The Bertz CT molecular complexity index is 561. The number of pyridine rings is 1. The molecule has 0 radical (unpaired) electrons. The zero-order valence-corrected chi connectivity index (χ0v) is 11.9. The highest BCUT2D eigenvalue weighted by molar-refractivity contribution is 5.98. The molecule has 0 saturated carbocycles. The molecule has 0 aliphatic carbocycles. The maximum atomic E-state index is 11.6. The number of nitrogens with two attached hydrogens (primary N) is 2. The second-order valence-electron chi connectivity index (χ2n) is 5.39. The summed E-state index contributed by atoms with van der Waals surface area (Å²) in [4.78, 5) is 27.8. The van der Waals surface area contributed by atoms with Crippen LogP contribution in [0.5, 0.6) is 0 Å². The molecule has 1 aromatic heterocycles. The number of nitrogens with zero attached hydrogens (tertiary/aromatic N) is 3. The van der Waals surface area contributed by atoms with Crippen LogP contribution in [-0.4, -0.2) is 34.9 Å². The van der Waals surface area contributed by atoms with Crippen molar-refractivity contribution in [2.45, 2.75) is 25.8 Å². The number of anilines is 1. The fourth-order valence-corrected chi connectivity index (χ4v) is 2.61. The molecule has 114 valence electrons. The summed E-state index contributed by atoms with van der Waals surface area (Å²) >= 11 is 0. The van der Waals surface area contributed by atoms with Crippen molar-refractivity contribution < 1.29 is 9.72 Å². The van der Waals surface area contributed by atoms with Crippen LogP contribution in [0, 0.1) is 16.0 Å². The number of hydrogen-bond donors (Lipinski definition) is 2. The van der Waals surface area contributed by atoms with E-state index in [1.54, 1.807) is 0 Å². The van der Waals surface area contributed by atoms with Crippen LogP contribution in [0.1, 0.15) is 30.1 Å². The zero-order chi connectivity index (χ0) is 15.6. The fraction of sp³-hybridized carbons (Fsp3) is 0.538. The van der Waals surface area contributed by atoms with E-state index in [1.807, 2.05) is 11.8 Å². The van der Waals surface area contributed by atoms with E-state index in [-0.39, 0.29) is 17.3 Å². The maximum absolute atomic E-state index is 11.6. The van der Waals surface area contributed by atoms with Crippen molar-refractivity contribution >= 4 is 17.4 Å². The van der Waals surface area contributed by atoms with Gasteiger partial charge in [-0.1, -0.05) is 0 Å². The molecule has 0 bridgehead atoms. The number of amides is 1. The molecule has 1 aliphatic rings. The van der Waals surface area contributed by atoms with Gasteiger partial charge >= 0.3 is 0 Å². The van der Waals surface area contributed by atoms with E-state index in [9.17, 15) is 14.9 Å². The fourth-order valence-electron chi connectivity index (χ4n) is 2.61. The van der Waals surface area contributed by atoms with E-state index in [0.717, 1.165) is 25.6 Å². The minimum Gasteiger partial charge on any atom is -0.365 e. The number of carbonyl (C=O) groups excluding carboxylic acids is 1. The summed E-state index contributed by atoms with van der Waals surface area (Å²) in [7, 11) is 0. The number of nitro groups is 1. The van der Waals surface area contributed by atoms with E-state index >= 15 is 0 Å². The number of carbonyl (C=O) groups is 1. The van der Waals surface area contributed by atoms with Crippen molar-refractivity contribution in [2.24, 2.45) is 17.4 Å². The SMILES string of the molecule is CC(N)C1CCCN(c2ncc([N+](=O)[O-])cc2C(N)=O)C1. The first kappa shape index (κ1) is 15.2. The van der Waals surface area contributed by atoms with E-state index in [1.165, 1.54) is 6.07 Å². The van der Waals surface area contributed by atoms with Crippen LogP contribution in [-0.2, 0) is 0 Å². The van der Waals surface area contributed by atoms with Crippen LogP contribution in [0.3, 0.4) is 0 Å². The number of aromatic nitrogens is 1. The third-order valence-electron chi connectivity index (χ3n) is 3.83. The number of rotatable bonds is 4. The van der Waals surface area contributed by atoms with Crippen molar-refractivity contribution in [1.29, 1.82) is 0 Å². The van der Waals surface area contributed by atoms with Crippen molar-refractivity contribution in [3.8, 4) is 0 Å². The molecule has 2 rings (SSSR count). The van der Waals surface area contributed by atoms with Gasteiger partial charge in [0.1, 0.15) is 12.0 Å². The smallest absolute Gasteiger partial charge is 0.288 e. The van der Waals surface area contributed by atoms with Crippen molar-refractivity contribution in [2.75, 3.05) is 18.0 Å². The Hall–Kier alpha value is -2.22. The summed E-state index contributed by atoms with van der Waals surface area (Å²) in [6, 6.07) is 1.23. The lowest BCUT2D eigenvalue weighted by atomic mass is 9.92. The van der Waals surface area contributed by atoms with Gasteiger partial charge in [-0.3, -0.25) is 14.9 Å². The second kappa shape index (κ2) is 6.04. The lowest BCUT2D eigenvalue weighted by molar-refractivity contribution is -0.385. The summed E-state index contributed by atoms with van der Waals surface area (Å²) < 4.78 is 0. The maximum Gasteiger partial charge on any atom is 0.288 e. The van der Waals surface area contributed by atoms with Gasteiger partial charge in [-0.15, -0.1) is 0 Å². The average Bonchev–Trinajstić information content (AvgIpc) is 2.46. The third kappa shape index (κ3) is 3.27. The number of piperidine rings is 1. The molecular weight excluding hydrogens is 274 g/mol. The number of primary amides is 1. The number of hydrogen-bond acceptors (Lipinski definition) is 6. The van der Waals surface area contributed by atoms with E-state index in [2.05, 4.69) is 4.98 Å². The van der Waals surface area contributed by atoms with Gasteiger partial charge in [-0.2, -0.15) is 0 Å². The molecule has 1 aromatic rings. The van der Waals surface area contributed by atoms with Crippen LogP contribution in [0.4, 0.5) is 11.5 Å². The summed E-state index contributed by atoms with van der Waals surface area (Å²) in [5.74, 6) is -0.0148. The van der Waals surface area contributed by atoms with Gasteiger partial charge < -0.3 is 16.4 Å². The predicted octanol–water partition coefficient (Wildman–Crippen LogP) is 0.652. The molecule has 1 aliphatic heterocycles. The Labute approximate surface area is 122 Å². The standard InChI is InChI=1S/C13H19N5O3/c1-8(14)9-3-2-4-17(7-9)13-11(12(15)19)5-10(6-16-13)18(20)21/h5-6,8-9H,2-4,7,14H2,1H3,(H2,15,19). The van der Waals surface area contributed by atoms with Crippen molar-refractivity contribution in [3.63, 3.8) is 0 Å². The molecule has 2 unspecified atom stereocenters. The Kier molecular flexibility index (Phi) is 4.37. The minimum absolute atomic E-state index is 0.0443. The van der Waals surface area contributed by atoms with Gasteiger partial charge in [0.2, 0.25) is 0 Å². The summed E-state index contributed by atoms with van der Waals surface area (Å²) in [5.41, 5.74) is 11.1. The average molecular weight is 293 g/mol. The van der Waals surface area contributed by atoms with Gasteiger partial charge in [-0.25, -0.2) is 4.98 Å². The molecule has 8 heteroatoms. The monoisotopic (exact) mass is 293 g/mol. The molecular formula is C13H19N5O3. The van der Waals surface area contributed by atoms with E-state index < -0.39 is 10.8 Å². The molecule has 1 saturated heterocycles. The van der Waals surface area contributed by atoms with Crippen LogP contribution in [0.15, 0.2) is 12.3 Å². The molecule has 21 heavy (non-hydrogen) atoms. The Balaban J connectivity index is 2.34. The summed E-state index contributed by atoms with van der Waals surface area (Å²) in [5, 5.41) is 10.8. The van der Waals surface area contributed by atoms with Gasteiger partial charge in [0, 0.05) is 25.2 Å². The van der Waals surface area contributed by atoms with Gasteiger partial charge in [0.15, 0.2) is 0 Å². The van der Waals surface area contributed by atoms with Gasteiger partial charge in [0.05, 0.1) is 10.5 Å². The molecule has 1 amide bonds. The normalized spacial score (nSPS) is 20.1. The molecule has 1 fully saturated rings. The lowest BCUT2D eigenvalue weighted by Crippen LogP contribution is -2.43. The molecule has 4 N–H and O–H groups in total. The van der Waals surface area contributed by atoms with Gasteiger partial charge in [0.25, 0.3) is 11.6 Å². The topological polar surface area (TPSA) is 128 Å². The highest BCUT2D eigenvalue weighted by Gasteiger charge is 2.27. The van der Waals surface area contributed by atoms with Crippen LogP contribution < -0.4 is 16.4 Å². The van der Waals surface area contributed by atoms with Crippen molar-refractivity contribution in [3.05, 3.63) is 27.9 Å². The molecule has 2 atom stereocenters. The molecule has 2 heterocycles. The molecule has 0 aromatic carbocycles. The summed E-state index contributed by atoms with van der Waals surface area (Å²) in [6.45, 7) is 3.35. The van der Waals surface area contributed by atoms with Gasteiger partial charge in [-0.05, 0) is 25.7 Å². The largest absolute Gasteiger partial charge is 0.365 e. The van der Waals surface area contributed by atoms with Crippen LogP contribution >= 0.6 is 0 Å². The minimum atomic E-state index is -0.718. The highest BCUT2D eigenvalue weighted by atomic mass is 16.6. The second-order valence-corrected chi connectivity index (χ2v) is 5.39. The quantitative estimate of drug-likeness (QED) is 0.619. The Morgan fingerprint density at radius 3 is 2.90 bits per heavy atom.